The van der Waals surface area contributed by atoms with Crippen LogP contribution >= 0.6 is 0 Å². The summed E-state index contributed by atoms with van der Waals surface area (Å²) in [5.41, 5.74) is 2.20. The molecular formula is C18H32N2O. The minimum Gasteiger partial charge on any atom is -0.312 e. The third-order valence-electron chi connectivity index (χ3n) is 3.78. The maximum absolute atomic E-state index is 12.7. The van der Waals surface area contributed by atoms with Gasteiger partial charge in [-0.2, -0.15) is 0 Å². The number of pyridine rings is 1. The second kappa shape index (κ2) is 8.38. The van der Waals surface area contributed by atoms with E-state index >= 15 is 0 Å². The van der Waals surface area contributed by atoms with Crippen LogP contribution in [0.3, 0.4) is 0 Å². The first kappa shape index (κ1) is 18.0. The van der Waals surface area contributed by atoms with Gasteiger partial charge in [0.2, 0.25) is 0 Å². The second-order valence-electron chi connectivity index (χ2n) is 6.83. The van der Waals surface area contributed by atoms with Gasteiger partial charge in [0.25, 0.3) is 5.56 Å². The van der Waals surface area contributed by atoms with Crippen LogP contribution < -0.4 is 10.9 Å². The second-order valence-corrected chi connectivity index (χ2v) is 6.83. The van der Waals surface area contributed by atoms with Crippen molar-refractivity contribution in [1.82, 2.24) is 9.88 Å². The molecule has 0 aliphatic carbocycles. The molecule has 0 aromatic carbocycles. The van der Waals surface area contributed by atoms with Gasteiger partial charge >= 0.3 is 0 Å². The molecule has 1 aromatic rings. The third kappa shape index (κ3) is 5.31. The zero-order chi connectivity index (χ0) is 15.9. The SMILES string of the molecule is CCCCNCc1ccc(C(C)(C)C)n(CCCC)c1=O. The number of rotatable bonds is 8. The summed E-state index contributed by atoms with van der Waals surface area (Å²) in [5.74, 6) is 0. The molecule has 0 aliphatic heterocycles. The summed E-state index contributed by atoms with van der Waals surface area (Å²) in [7, 11) is 0. The molecule has 21 heavy (non-hydrogen) atoms. The van der Waals surface area contributed by atoms with Crippen LogP contribution in [0, 0.1) is 0 Å². The van der Waals surface area contributed by atoms with Crippen molar-refractivity contribution in [1.29, 1.82) is 0 Å². The monoisotopic (exact) mass is 292 g/mol. The molecule has 0 amide bonds. The van der Waals surface area contributed by atoms with Crippen LogP contribution in [0.5, 0.6) is 0 Å². The van der Waals surface area contributed by atoms with Crippen molar-refractivity contribution in [3.8, 4) is 0 Å². The zero-order valence-electron chi connectivity index (χ0n) is 14.5. The number of hydrogen-bond acceptors (Lipinski definition) is 2. The molecule has 1 N–H and O–H groups in total. The summed E-state index contributed by atoms with van der Waals surface area (Å²) in [4.78, 5) is 12.7. The predicted molar refractivity (Wildman–Crippen MR) is 90.9 cm³/mol. The van der Waals surface area contributed by atoms with Crippen molar-refractivity contribution in [2.75, 3.05) is 6.54 Å². The number of aromatic nitrogens is 1. The van der Waals surface area contributed by atoms with Gasteiger partial charge in [-0.15, -0.1) is 0 Å². The molecule has 0 saturated heterocycles. The Balaban J connectivity index is 3.00. The fraction of sp³-hybridized carbons (Fsp3) is 0.722. The van der Waals surface area contributed by atoms with Gasteiger partial charge in [-0.25, -0.2) is 0 Å². The van der Waals surface area contributed by atoms with Crippen LogP contribution in [0.25, 0.3) is 0 Å². The van der Waals surface area contributed by atoms with E-state index in [1.54, 1.807) is 0 Å². The Labute approximate surface area is 129 Å². The largest absolute Gasteiger partial charge is 0.312 e. The average Bonchev–Trinajstić information content (AvgIpc) is 2.42. The predicted octanol–water partition coefficient (Wildman–Crippen LogP) is 3.84. The maximum atomic E-state index is 12.7. The van der Waals surface area contributed by atoms with Crippen LogP contribution in [0.1, 0.15) is 71.6 Å². The highest BCUT2D eigenvalue weighted by molar-refractivity contribution is 5.21. The van der Waals surface area contributed by atoms with E-state index in [4.69, 9.17) is 0 Å². The van der Waals surface area contributed by atoms with Gasteiger partial charge in [0.05, 0.1) is 0 Å². The van der Waals surface area contributed by atoms with Crippen molar-refractivity contribution in [2.24, 2.45) is 0 Å². The van der Waals surface area contributed by atoms with E-state index in [0.29, 0.717) is 6.54 Å². The molecule has 0 spiro atoms. The van der Waals surface area contributed by atoms with Gasteiger partial charge < -0.3 is 9.88 Å². The Morgan fingerprint density at radius 3 is 2.33 bits per heavy atom. The van der Waals surface area contributed by atoms with Crippen LogP contribution in [0.4, 0.5) is 0 Å². The number of unbranched alkanes of at least 4 members (excludes halogenated alkanes) is 2. The molecule has 120 valence electrons. The number of hydrogen-bond donors (Lipinski definition) is 1. The molecule has 0 bridgehead atoms. The molecule has 0 aliphatic rings. The number of nitrogens with zero attached hydrogens (tertiary/aromatic N) is 1. The Morgan fingerprint density at radius 1 is 1.10 bits per heavy atom. The summed E-state index contributed by atoms with van der Waals surface area (Å²) in [6.45, 7) is 13.3. The van der Waals surface area contributed by atoms with Gasteiger partial charge in [-0.3, -0.25) is 4.79 Å². The fourth-order valence-corrected chi connectivity index (χ4v) is 2.48. The maximum Gasteiger partial charge on any atom is 0.255 e. The Bertz CT molecular complexity index is 483. The standard InChI is InChI=1S/C18H32N2O/c1-6-8-12-19-14-15-10-11-16(18(3,4)5)20(17(15)21)13-9-7-2/h10-11,19H,6-9,12-14H2,1-5H3. The van der Waals surface area contributed by atoms with Gasteiger partial charge in [-0.05, 0) is 25.5 Å². The molecule has 1 rings (SSSR count). The lowest BCUT2D eigenvalue weighted by Gasteiger charge is -2.25. The van der Waals surface area contributed by atoms with E-state index in [2.05, 4.69) is 46.0 Å². The molecule has 0 radical (unpaired) electrons. The zero-order valence-corrected chi connectivity index (χ0v) is 14.5. The van der Waals surface area contributed by atoms with Crippen molar-refractivity contribution in [2.45, 2.75) is 78.8 Å². The summed E-state index contributed by atoms with van der Waals surface area (Å²) in [6.07, 6.45) is 4.49. The summed E-state index contributed by atoms with van der Waals surface area (Å²) < 4.78 is 1.99. The van der Waals surface area contributed by atoms with Gasteiger partial charge in [-0.1, -0.05) is 53.5 Å². The van der Waals surface area contributed by atoms with Crippen molar-refractivity contribution in [3.63, 3.8) is 0 Å². The molecule has 1 heterocycles. The molecule has 0 saturated carbocycles. The summed E-state index contributed by atoms with van der Waals surface area (Å²) >= 11 is 0. The molecule has 1 aromatic heterocycles. The lowest BCUT2D eigenvalue weighted by molar-refractivity contribution is 0.485. The van der Waals surface area contributed by atoms with Crippen LogP contribution in [-0.2, 0) is 18.5 Å². The van der Waals surface area contributed by atoms with E-state index in [9.17, 15) is 4.79 Å². The smallest absolute Gasteiger partial charge is 0.255 e. The van der Waals surface area contributed by atoms with Gasteiger partial charge in [0.15, 0.2) is 0 Å². The van der Waals surface area contributed by atoms with Crippen LogP contribution in [0.2, 0.25) is 0 Å². The molecule has 0 fully saturated rings. The summed E-state index contributed by atoms with van der Waals surface area (Å²) in [5, 5.41) is 3.37. The Morgan fingerprint density at radius 2 is 1.76 bits per heavy atom. The highest BCUT2D eigenvalue weighted by Gasteiger charge is 2.19. The molecule has 3 heteroatoms. The first-order valence-corrected chi connectivity index (χ1v) is 8.35. The van der Waals surface area contributed by atoms with Crippen molar-refractivity contribution >= 4 is 0 Å². The van der Waals surface area contributed by atoms with E-state index in [0.717, 1.165) is 43.6 Å². The third-order valence-corrected chi connectivity index (χ3v) is 3.78. The lowest BCUT2D eigenvalue weighted by atomic mass is 9.90. The van der Waals surface area contributed by atoms with E-state index in [1.165, 1.54) is 6.42 Å². The summed E-state index contributed by atoms with van der Waals surface area (Å²) in [6, 6.07) is 4.14. The molecule has 0 unspecified atom stereocenters. The van der Waals surface area contributed by atoms with E-state index < -0.39 is 0 Å². The number of nitrogens with one attached hydrogen (secondary N) is 1. The minimum absolute atomic E-state index is 0.00106. The van der Waals surface area contributed by atoms with Crippen LogP contribution in [0.15, 0.2) is 16.9 Å². The van der Waals surface area contributed by atoms with E-state index in [1.807, 2.05) is 10.6 Å². The Kier molecular flexibility index (Phi) is 7.16. The molecule has 0 atom stereocenters. The first-order chi connectivity index (χ1) is 9.91. The van der Waals surface area contributed by atoms with Crippen molar-refractivity contribution < 1.29 is 0 Å². The van der Waals surface area contributed by atoms with E-state index in [-0.39, 0.29) is 11.0 Å². The quantitative estimate of drug-likeness (QED) is 0.739. The normalized spacial score (nSPS) is 11.9. The van der Waals surface area contributed by atoms with Gasteiger partial charge in [0, 0.05) is 29.8 Å². The lowest BCUT2D eigenvalue weighted by Crippen LogP contribution is -2.33. The van der Waals surface area contributed by atoms with Crippen LogP contribution in [-0.4, -0.2) is 11.1 Å². The highest BCUT2D eigenvalue weighted by atomic mass is 16.1. The Hall–Kier alpha value is -1.09. The van der Waals surface area contributed by atoms with Crippen molar-refractivity contribution in [3.05, 3.63) is 33.7 Å². The minimum atomic E-state index is 0.00106. The topological polar surface area (TPSA) is 34.0 Å². The van der Waals surface area contributed by atoms with Gasteiger partial charge in [0.1, 0.15) is 0 Å². The highest BCUT2D eigenvalue weighted by Crippen LogP contribution is 2.21. The molecule has 3 nitrogen and oxygen atoms in total. The average molecular weight is 292 g/mol. The fourth-order valence-electron chi connectivity index (χ4n) is 2.48. The first-order valence-electron chi connectivity index (χ1n) is 8.35. The molecular weight excluding hydrogens is 260 g/mol.